The summed E-state index contributed by atoms with van der Waals surface area (Å²) in [6.07, 6.45) is 1.57. The van der Waals surface area contributed by atoms with Gasteiger partial charge in [0.15, 0.2) is 5.76 Å². The molecule has 0 aromatic heterocycles. The van der Waals surface area contributed by atoms with E-state index in [-0.39, 0.29) is 17.4 Å². The first-order chi connectivity index (χ1) is 15.0. The molecule has 2 aliphatic rings. The Bertz CT molecular complexity index is 1240. The minimum atomic E-state index is -0.366. The van der Waals surface area contributed by atoms with Gasteiger partial charge in [0.25, 0.3) is 0 Å². The van der Waals surface area contributed by atoms with Gasteiger partial charge in [-0.15, -0.1) is 0 Å². The maximum atomic E-state index is 13.6. The van der Waals surface area contributed by atoms with Crippen LogP contribution in [-0.2, 0) is 13.1 Å². The standard InChI is InChI=1S/C25H19ClFNO3/c1-15-9-21-19(13-28(14-30-21)12-17-6-2-3-8-20(17)26)25-23(15)24(29)22(31-25)11-16-5-4-7-18(27)10-16/h2-11H,12-14H2,1H3/b22-11-. The Morgan fingerprint density at radius 1 is 1.16 bits per heavy atom. The molecule has 31 heavy (non-hydrogen) atoms. The summed E-state index contributed by atoms with van der Waals surface area (Å²) in [6.45, 7) is 3.45. The fraction of sp³-hybridized carbons (Fsp3) is 0.160. The molecule has 4 nitrogen and oxygen atoms in total. The van der Waals surface area contributed by atoms with Crippen LogP contribution in [0.25, 0.3) is 6.08 Å². The highest BCUT2D eigenvalue weighted by atomic mass is 35.5. The molecule has 0 spiro atoms. The third kappa shape index (κ3) is 3.71. The summed E-state index contributed by atoms with van der Waals surface area (Å²) >= 11 is 6.31. The van der Waals surface area contributed by atoms with E-state index in [4.69, 9.17) is 21.1 Å². The maximum absolute atomic E-state index is 13.6. The van der Waals surface area contributed by atoms with E-state index in [1.165, 1.54) is 12.1 Å². The summed E-state index contributed by atoms with van der Waals surface area (Å²) in [6, 6.07) is 15.6. The van der Waals surface area contributed by atoms with Gasteiger partial charge in [-0.3, -0.25) is 9.69 Å². The molecule has 156 valence electrons. The van der Waals surface area contributed by atoms with Crippen molar-refractivity contribution in [1.29, 1.82) is 0 Å². The number of rotatable bonds is 3. The van der Waals surface area contributed by atoms with Crippen LogP contribution in [0.3, 0.4) is 0 Å². The zero-order valence-corrected chi connectivity index (χ0v) is 17.6. The van der Waals surface area contributed by atoms with Crippen molar-refractivity contribution in [2.45, 2.75) is 20.0 Å². The molecule has 6 heteroatoms. The smallest absolute Gasteiger partial charge is 0.232 e. The third-order valence-corrected chi connectivity index (χ3v) is 5.85. The van der Waals surface area contributed by atoms with Crippen molar-refractivity contribution in [2.75, 3.05) is 6.73 Å². The van der Waals surface area contributed by atoms with Gasteiger partial charge in [0.05, 0.1) is 11.1 Å². The number of carbonyl (C=O) groups excluding carboxylic acids is 1. The number of halogens is 2. The number of hydrogen-bond donors (Lipinski definition) is 0. The topological polar surface area (TPSA) is 38.8 Å². The van der Waals surface area contributed by atoms with E-state index in [1.54, 1.807) is 18.2 Å². The average molecular weight is 436 g/mol. The van der Waals surface area contributed by atoms with Crippen LogP contribution in [0, 0.1) is 12.7 Å². The first-order valence-electron chi connectivity index (χ1n) is 9.94. The minimum absolute atomic E-state index is 0.181. The van der Waals surface area contributed by atoms with Crippen LogP contribution in [0.2, 0.25) is 5.02 Å². The molecule has 0 radical (unpaired) electrons. The van der Waals surface area contributed by atoms with E-state index in [9.17, 15) is 9.18 Å². The average Bonchev–Trinajstić information content (AvgIpc) is 3.07. The van der Waals surface area contributed by atoms with Crippen molar-refractivity contribution >= 4 is 23.5 Å². The number of allylic oxidation sites excluding steroid dienone is 1. The van der Waals surface area contributed by atoms with E-state index in [0.717, 1.165) is 16.7 Å². The summed E-state index contributed by atoms with van der Waals surface area (Å²) in [4.78, 5) is 15.1. The molecule has 5 rings (SSSR count). The second kappa shape index (κ2) is 7.84. The molecular weight excluding hydrogens is 417 g/mol. The number of fused-ring (bicyclic) bond motifs is 3. The quantitative estimate of drug-likeness (QED) is 0.490. The lowest BCUT2D eigenvalue weighted by Crippen LogP contribution is -2.32. The second-order valence-corrected chi connectivity index (χ2v) is 8.13. The Labute approximate surface area is 184 Å². The Balaban J connectivity index is 1.48. The number of nitrogens with zero attached hydrogens (tertiary/aromatic N) is 1. The zero-order valence-electron chi connectivity index (χ0n) is 16.8. The maximum Gasteiger partial charge on any atom is 0.232 e. The van der Waals surface area contributed by atoms with E-state index in [0.29, 0.717) is 47.5 Å². The molecule has 0 fully saturated rings. The number of aryl methyl sites for hydroxylation is 1. The molecule has 0 bridgehead atoms. The van der Waals surface area contributed by atoms with Gasteiger partial charge in [0.2, 0.25) is 5.78 Å². The molecule has 0 unspecified atom stereocenters. The van der Waals surface area contributed by atoms with Crippen LogP contribution in [0.5, 0.6) is 11.5 Å². The van der Waals surface area contributed by atoms with Crippen LogP contribution < -0.4 is 9.47 Å². The number of ketones is 1. The SMILES string of the molecule is Cc1cc2c(c3c1C(=O)/C(=C/c1cccc(F)c1)O3)CN(Cc1ccccc1Cl)CO2. The highest BCUT2D eigenvalue weighted by molar-refractivity contribution is 6.31. The lowest BCUT2D eigenvalue weighted by molar-refractivity contribution is 0.0872. The number of benzene rings is 3. The third-order valence-electron chi connectivity index (χ3n) is 5.49. The summed E-state index contributed by atoms with van der Waals surface area (Å²) in [7, 11) is 0. The molecule has 3 aromatic rings. The molecule has 0 saturated carbocycles. The summed E-state index contributed by atoms with van der Waals surface area (Å²) in [5.74, 6) is 0.843. The van der Waals surface area contributed by atoms with Gasteiger partial charge in [-0.05, 0) is 54.0 Å². The van der Waals surface area contributed by atoms with E-state index in [1.807, 2.05) is 37.3 Å². The number of ether oxygens (including phenoxy) is 2. The van der Waals surface area contributed by atoms with Crippen LogP contribution >= 0.6 is 11.6 Å². The largest absolute Gasteiger partial charge is 0.478 e. The monoisotopic (exact) mass is 435 g/mol. The molecule has 0 atom stereocenters. The Morgan fingerprint density at radius 3 is 2.81 bits per heavy atom. The fourth-order valence-electron chi connectivity index (χ4n) is 3.99. The van der Waals surface area contributed by atoms with Crippen molar-refractivity contribution in [3.63, 3.8) is 0 Å². The van der Waals surface area contributed by atoms with Crippen LogP contribution in [0.4, 0.5) is 4.39 Å². The van der Waals surface area contributed by atoms with Gasteiger partial charge in [-0.1, -0.05) is 41.9 Å². The van der Waals surface area contributed by atoms with E-state index >= 15 is 0 Å². The molecule has 0 aliphatic carbocycles. The van der Waals surface area contributed by atoms with Gasteiger partial charge in [0.1, 0.15) is 24.0 Å². The minimum Gasteiger partial charge on any atom is -0.478 e. The lowest BCUT2D eigenvalue weighted by Gasteiger charge is -2.30. The van der Waals surface area contributed by atoms with E-state index in [2.05, 4.69) is 4.90 Å². The van der Waals surface area contributed by atoms with Crippen molar-refractivity contribution in [2.24, 2.45) is 0 Å². The molecule has 0 N–H and O–H groups in total. The summed E-state index contributed by atoms with van der Waals surface area (Å²) < 4.78 is 25.6. The Kier molecular flexibility index (Phi) is 5.00. The Hall–Kier alpha value is -3.15. The van der Waals surface area contributed by atoms with Crippen LogP contribution in [0.15, 0.2) is 60.4 Å². The Morgan fingerprint density at radius 2 is 2.00 bits per heavy atom. The van der Waals surface area contributed by atoms with Gasteiger partial charge in [0, 0.05) is 18.1 Å². The van der Waals surface area contributed by atoms with Gasteiger partial charge in [-0.2, -0.15) is 0 Å². The van der Waals surface area contributed by atoms with Crippen molar-refractivity contribution in [3.8, 4) is 11.5 Å². The van der Waals surface area contributed by atoms with Gasteiger partial charge >= 0.3 is 0 Å². The summed E-state index contributed by atoms with van der Waals surface area (Å²) in [5.41, 5.74) is 3.73. The van der Waals surface area contributed by atoms with Crippen molar-refractivity contribution in [3.05, 3.63) is 99.0 Å². The normalized spacial score (nSPS) is 16.6. The van der Waals surface area contributed by atoms with Crippen molar-refractivity contribution in [1.82, 2.24) is 4.90 Å². The summed E-state index contributed by atoms with van der Waals surface area (Å²) in [5, 5.41) is 0.703. The van der Waals surface area contributed by atoms with Crippen LogP contribution in [0.1, 0.15) is 32.6 Å². The molecule has 0 amide bonds. The highest BCUT2D eigenvalue weighted by Crippen LogP contribution is 2.44. The molecule has 2 heterocycles. The first-order valence-corrected chi connectivity index (χ1v) is 10.3. The zero-order chi connectivity index (χ0) is 21.5. The molecule has 2 aliphatic heterocycles. The van der Waals surface area contributed by atoms with Gasteiger partial charge < -0.3 is 9.47 Å². The van der Waals surface area contributed by atoms with Crippen LogP contribution in [-0.4, -0.2) is 17.4 Å². The van der Waals surface area contributed by atoms with Gasteiger partial charge in [-0.25, -0.2) is 4.39 Å². The molecular formula is C25H19ClFNO3. The highest BCUT2D eigenvalue weighted by Gasteiger charge is 2.35. The molecule has 0 saturated heterocycles. The number of hydrogen-bond acceptors (Lipinski definition) is 4. The lowest BCUT2D eigenvalue weighted by atomic mass is 9.98. The predicted octanol–water partition coefficient (Wildman–Crippen LogP) is 5.76. The van der Waals surface area contributed by atoms with E-state index < -0.39 is 0 Å². The predicted molar refractivity (Wildman–Crippen MR) is 117 cm³/mol. The number of carbonyl (C=O) groups is 1. The molecule has 3 aromatic carbocycles. The number of Topliss-reactive ketones (excluding diaryl/α,β-unsaturated/α-hetero) is 1. The van der Waals surface area contributed by atoms with Crippen molar-refractivity contribution < 1.29 is 18.7 Å². The first kappa shape index (κ1) is 19.8. The fourth-order valence-corrected chi connectivity index (χ4v) is 4.19. The second-order valence-electron chi connectivity index (χ2n) is 7.72.